The predicted molar refractivity (Wildman–Crippen MR) is 86.0 cm³/mol. The van der Waals surface area contributed by atoms with Gasteiger partial charge in [-0.2, -0.15) is 0 Å². The molecule has 2 aliphatic heterocycles. The lowest BCUT2D eigenvalue weighted by Gasteiger charge is -2.59. The monoisotopic (exact) mass is 311 g/mol. The Kier molecular flexibility index (Phi) is 3.45. The van der Waals surface area contributed by atoms with E-state index in [1.54, 1.807) is 6.20 Å². The highest BCUT2D eigenvalue weighted by Crippen LogP contribution is 2.54. The van der Waals surface area contributed by atoms with Crippen molar-refractivity contribution in [2.75, 3.05) is 19.8 Å². The number of carbonyl (C=O) groups excluding carboxylic acids is 1. The number of aromatic amines is 1. The number of rotatable bonds is 2. The second kappa shape index (κ2) is 5.49. The zero-order valence-corrected chi connectivity index (χ0v) is 13.3. The van der Waals surface area contributed by atoms with Crippen molar-refractivity contribution >= 4 is 5.91 Å². The van der Waals surface area contributed by atoms with Gasteiger partial charge in [-0.15, -0.1) is 0 Å². The number of hydrogen-bond donors (Lipinski definition) is 1. The fourth-order valence-corrected chi connectivity index (χ4v) is 3.99. The molecular formula is C18H21N3O2. The van der Waals surface area contributed by atoms with E-state index >= 15 is 0 Å². The fourth-order valence-electron chi connectivity index (χ4n) is 3.99. The summed E-state index contributed by atoms with van der Waals surface area (Å²) >= 11 is 0. The summed E-state index contributed by atoms with van der Waals surface area (Å²) in [6.45, 7) is 4.23. The Morgan fingerprint density at radius 2 is 2.04 bits per heavy atom. The summed E-state index contributed by atoms with van der Waals surface area (Å²) < 4.78 is 5.55. The van der Waals surface area contributed by atoms with Crippen molar-refractivity contribution in [2.24, 2.45) is 5.41 Å². The maximum atomic E-state index is 12.9. The summed E-state index contributed by atoms with van der Waals surface area (Å²) in [7, 11) is 0. The van der Waals surface area contributed by atoms with Crippen molar-refractivity contribution in [3.8, 4) is 0 Å². The number of aromatic nitrogens is 2. The van der Waals surface area contributed by atoms with Crippen LogP contribution in [-0.2, 0) is 4.74 Å². The molecule has 1 atom stereocenters. The molecule has 0 radical (unpaired) electrons. The molecule has 1 N–H and O–H groups in total. The minimum absolute atomic E-state index is 0.0385. The second-order valence-corrected chi connectivity index (χ2v) is 6.60. The molecule has 120 valence electrons. The van der Waals surface area contributed by atoms with Gasteiger partial charge in [-0.3, -0.25) is 4.79 Å². The molecule has 1 amide bonds. The van der Waals surface area contributed by atoms with E-state index in [9.17, 15) is 4.79 Å². The number of likely N-dealkylation sites (tertiary alicyclic amines) is 1. The number of H-pyrrole nitrogens is 1. The number of benzene rings is 1. The molecular weight excluding hydrogens is 290 g/mol. The Labute approximate surface area is 135 Å². The number of carbonyl (C=O) groups is 1. The zero-order chi connectivity index (χ0) is 15.9. The van der Waals surface area contributed by atoms with Gasteiger partial charge in [0.1, 0.15) is 11.5 Å². The van der Waals surface area contributed by atoms with Crippen molar-refractivity contribution in [1.82, 2.24) is 14.9 Å². The van der Waals surface area contributed by atoms with Crippen LogP contribution in [0.2, 0.25) is 0 Å². The summed E-state index contributed by atoms with van der Waals surface area (Å²) in [5.74, 6) is 0.808. The fraction of sp³-hybridized carbons (Fsp3) is 0.444. The van der Waals surface area contributed by atoms with E-state index in [1.165, 1.54) is 5.56 Å². The van der Waals surface area contributed by atoms with Crippen LogP contribution in [0.25, 0.3) is 0 Å². The molecule has 0 saturated carbocycles. The highest BCUT2D eigenvalue weighted by Gasteiger charge is 2.55. The van der Waals surface area contributed by atoms with E-state index in [2.05, 4.69) is 22.1 Å². The standard InChI is InChI=1S/C18H21N3O2/c1-13-19-11-15(20-13)17(22)21-12-18(7-9-23-10-8-18)16(21)14-5-3-2-4-6-14/h2-6,11,16H,7-10,12H2,1H3,(H,19,20). The largest absolute Gasteiger partial charge is 0.381 e. The van der Waals surface area contributed by atoms with Crippen LogP contribution in [0, 0.1) is 12.3 Å². The van der Waals surface area contributed by atoms with Crippen LogP contribution < -0.4 is 0 Å². The predicted octanol–water partition coefficient (Wildman–Crippen LogP) is 2.71. The van der Waals surface area contributed by atoms with Crippen molar-refractivity contribution in [3.63, 3.8) is 0 Å². The number of imidazole rings is 1. The summed E-state index contributed by atoms with van der Waals surface area (Å²) in [6, 6.07) is 10.5. The Hall–Kier alpha value is -2.14. The van der Waals surface area contributed by atoms with Crippen molar-refractivity contribution in [2.45, 2.75) is 25.8 Å². The third-order valence-electron chi connectivity index (χ3n) is 5.17. The molecule has 0 aliphatic carbocycles. The van der Waals surface area contributed by atoms with Gasteiger partial charge in [-0.1, -0.05) is 30.3 Å². The maximum Gasteiger partial charge on any atom is 0.272 e. The second-order valence-electron chi connectivity index (χ2n) is 6.60. The average Bonchev–Trinajstić information content (AvgIpc) is 3.00. The minimum Gasteiger partial charge on any atom is -0.381 e. The van der Waals surface area contributed by atoms with E-state index in [1.807, 2.05) is 30.0 Å². The van der Waals surface area contributed by atoms with Gasteiger partial charge in [-0.05, 0) is 25.3 Å². The molecule has 5 nitrogen and oxygen atoms in total. The van der Waals surface area contributed by atoms with E-state index in [0.29, 0.717) is 5.69 Å². The van der Waals surface area contributed by atoms with Gasteiger partial charge >= 0.3 is 0 Å². The van der Waals surface area contributed by atoms with Gasteiger partial charge in [-0.25, -0.2) is 4.98 Å². The summed E-state index contributed by atoms with van der Waals surface area (Å²) in [6.07, 6.45) is 3.66. The van der Waals surface area contributed by atoms with Crippen LogP contribution >= 0.6 is 0 Å². The van der Waals surface area contributed by atoms with Gasteiger partial charge in [0.05, 0.1) is 12.2 Å². The molecule has 3 heterocycles. The smallest absolute Gasteiger partial charge is 0.272 e. The SMILES string of the molecule is Cc1ncc(C(=O)N2CC3(CCOCC3)C2c2ccccc2)[nH]1. The Bertz CT molecular complexity index is 704. The molecule has 1 unspecified atom stereocenters. The van der Waals surface area contributed by atoms with Crippen molar-refractivity contribution in [3.05, 3.63) is 53.6 Å². The van der Waals surface area contributed by atoms with Crippen LogP contribution in [0.5, 0.6) is 0 Å². The first-order valence-electron chi connectivity index (χ1n) is 8.15. The Balaban J connectivity index is 1.66. The van der Waals surface area contributed by atoms with Crippen LogP contribution in [0.4, 0.5) is 0 Å². The van der Waals surface area contributed by atoms with Crippen LogP contribution in [0.3, 0.4) is 0 Å². The number of nitrogens with one attached hydrogen (secondary N) is 1. The molecule has 2 aromatic rings. The molecule has 4 rings (SSSR count). The first kappa shape index (κ1) is 14.5. The first-order chi connectivity index (χ1) is 11.2. The number of nitrogens with zero attached hydrogens (tertiary/aromatic N) is 2. The van der Waals surface area contributed by atoms with Crippen LogP contribution in [0.1, 0.15) is 40.8 Å². The molecule has 1 aromatic heterocycles. The minimum atomic E-state index is 0.0385. The highest BCUT2D eigenvalue weighted by atomic mass is 16.5. The summed E-state index contributed by atoms with van der Waals surface area (Å²) in [5, 5.41) is 0. The van der Waals surface area contributed by atoms with Gasteiger partial charge in [0, 0.05) is 25.2 Å². The third kappa shape index (κ3) is 2.36. The molecule has 2 aliphatic rings. The van der Waals surface area contributed by atoms with E-state index in [4.69, 9.17) is 4.74 Å². The van der Waals surface area contributed by atoms with E-state index in [0.717, 1.165) is 38.4 Å². The van der Waals surface area contributed by atoms with Gasteiger partial charge in [0.15, 0.2) is 0 Å². The molecule has 2 saturated heterocycles. The lowest BCUT2D eigenvalue weighted by molar-refractivity contribution is -0.115. The first-order valence-corrected chi connectivity index (χ1v) is 8.15. The molecule has 0 bridgehead atoms. The normalized spacial score (nSPS) is 22.8. The molecule has 1 spiro atoms. The third-order valence-corrected chi connectivity index (χ3v) is 5.17. The molecule has 23 heavy (non-hydrogen) atoms. The molecule has 1 aromatic carbocycles. The number of amides is 1. The Morgan fingerprint density at radius 3 is 2.70 bits per heavy atom. The lowest BCUT2D eigenvalue weighted by Crippen LogP contribution is -2.62. The lowest BCUT2D eigenvalue weighted by atomic mass is 9.64. The number of aryl methyl sites for hydroxylation is 1. The summed E-state index contributed by atoms with van der Waals surface area (Å²) in [5.41, 5.74) is 1.94. The van der Waals surface area contributed by atoms with Gasteiger partial charge in [0.2, 0.25) is 0 Å². The zero-order valence-electron chi connectivity index (χ0n) is 13.3. The molecule has 5 heteroatoms. The molecule has 2 fully saturated rings. The van der Waals surface area contributed by atoms with Crippen LogP contribution in [0.15, 0.2) is 36.5 Å². The maximum absolute atomic E-state index is 12.9. The summed E-state index contributed by atoms with van der Waals surface area (Å²) in [4.78, 5) is 22.1. The van der Waals surface area contributed by atoms with Gasteiger partial charge in [0.25, 0.3) is 5.91 Å². The highest BCUT2D eigenvalue weighted by molar-refractivity contribution is 5.93. The number of ether oxygens (including phenoxy) is 1. The average molecular weight is 311 g/mol. The van der Waals surface area contributed by atoms with E-state index < -0.39 is 0 Å². The topological polar surface area (TPSA) is 58.2 Å². The van der Waals surface area contributed by atoms with Crippen LogP contribution in [-0.4, -0.2) is 40.5 Å². The van der Waals surface area contributed by atoms with Gasteiger partial charge < -0.3 is 14.6 Å². The van der Waals surface area contributed by atoms with Crippen molar-refractivity contribution in [1.29, 1.82) is 0 Å². The van der Waals surface area contributed by atoms with Crippen molar-refractivity contribution < 1.29 is 9.53 Å². The quantitative estimate of drug-likeness (QED) is 0.927. The number of hydrogen-bond acceptors (Lipinski definition) is 3. The Morgan fingerprint density at radius 1 is 1.30 bits per heavy atom. The van der Waals surface area contributed by atoms with E-state index in [-0.39, 0.29) is 17.4 Å².